The lowest BCUT2D eigenvalue weighted by molar-refractivity contribution is 0.596. The lowest BCUT2D eigenvalue weighted by Gasteiger charge is -2.10. The average molecular weight is 313 g/mol. The molecule has 0 aliphatic carbocycles. The molecule has 0 fully saturated rings. The Morgan fingerprint density at radius 2 is 1.94 bits per heavy atom. The highest BCUT2D eigenvalue weighted by atomic mass is 35.5. The first-order chi connectivity index (χ1) is 8.33. The number of halogens is 2. The summed E-state index contributed by atoms with van der Waals surface area (Å²) in [7, 11) is -1.75. The Bertz CT molecular complexity index is 522. The van der Waals surface area contributed by atoms with Gasteiger partial charge < -0.3 is 10.6 Å². The number of sulfonamides is 1. The number of nitrogens with zero attached hydrogens (tertiary/aromatic N) is 1. The van der Waals surface area contributed by atoms with Crippen molar-refractivity contribution >= 4 is 44.9 Å². The second kappa shape index (κ2) is 6.42. The molecule has 4 N–H and O–H groups in total. The number of aromatic nitrogens is 1. The van der Waals surface area contributed by atoms with Crippen molar-refractivity contribution < 1.29 is 8.42 Å². The predicted octanol–water partition coefficient (Wildman–Crippen LogP) is 1.52. The van der Waals surface area contributed by atoms with Gasteiger partial charge in [0.1, 0.15) is 11.6 Å². The molecule has 0 aliphatic heterocycles. The van der Waals surface area contributed by atoms with Crippen molar-refractivity contribution in [1.29, 1.82) is 0 Å². The number of anilines is 2. The first-order valence-electron chi connectivity index (χ1n) is 5.11. The van der Waals surface area contributed by atoms with Crippen LogP contribution in [0, 0.1) is 0 Å². The predicted molar refractivity (Wildman–Crippen MR) is 74.9 cm³/mol. The van der Waals surface area contributed by atoms with Gasteiger partial charge in [0.15, 0.2) is 0 Å². The van der Waals surface area contributed by atoms with Gasteiger partial charge in [-0.05, 0) is 12.5 Å². The molecular weight excluding hydrogens is 299 g/mol. The van der Waals surface area contributed by atoms with Gasteiger partial charge in [-0.15, -0.1) is 0 Å². The third kappa shape index (κ3) is 4.85. The van der Waals surface area contributed by atoms with Crippen LogP contribution in [0.1, 0.15) is 6.42 Å². The SMILES string of the molecule is CNc1nc(NCCCS(N)(=O)=O)c(Cl)cc1Cl. The Hall–Kier alpha value is -0.760. The van der Waals surface area contributed by atoms with Crippen molar-refractivity contribution in [2.24, 2.45) is 5.14 Å². The Kier molecular flexibility index (Phi) is 5.46. The second-order valence-corrected chi connectivity index (χ2v) is 6.09. The summed E-state index contributed by atoms with van der Waals surface area (Å²) in [5.74, 6) is 0.847. The Morgan fingerprint density at radius 3 is 2.50 bits per heavy atom. The van der Waals surface area contributed by atoms with E-state index >= 15 is 0 Å². The zero-order chi connectivity index (χ0) is 13.8. The maximum absolute atomic E-state index is 10.7. The molecule has 0 radical (unpaired) electrons. The summed E-state index contributed by atoms with van der Waals surface area (Å²) in [6.45, 7) is 0.397. The van der Waals surface area contributed by atoms with Crippen LogP contribution >= 0.6 is 23.2 Å². The minimum absolute atomic E-state index is 0.0932. The number of nitrogens with two attached hydrogens (primary N) is 1. The monoisotopic (exact) mass is 312 g/mol. The molecule has 0 amide bonds. The summed E-state index contributed by atoms with van der Waals surface area (Å²) in [6.07, 6.45) is 0.369. The number of hydrogen-bond acceptors (Lipinski definition) is 5. The first-order valence-corrected chi connectivity index (χ1v) is 7.59. The van der Waals surface area contributed by atoms with Gasteiger partial charge in [-0.1, -0.05) is 23.2 Å². The van der Waals surface area contributed by atoms with Gasteiger partial charge in [0.05, 0.1) is 15.8 Å². The lowest BCUT2D eigenvalue weighted by Crippen LogP contribution is -2.19. The van der Waals surface area contributed by atoms with E-state index in [1.807, 2.05) is 0 Å². The molecule has 6 nitrogen and oxygen atoms in total. The first kappa shape index (κ1) is 15.3. The summed E-state index contributed by atoms with van der Waals surface area (Å²) >= 11 is 11.8. The van der Waals surface area contributed by atoms with Crippen LogP contribution in [0.4, 0.5) is 11.6 Å². The molecule has 1 aromatic rings. The summed E-state index contributed by atoms with van der Waals surface area (Å²) in [5.41, 5.74) is 0. The fourth-order valence-electron chi connectivity index (χ4n) is 1.25. The molecule has 1 aromatic heterocycles. The van der Waals surface area contributed by atoms with Gasteiger partial charge in [-0.2, -0.15) is 0 Å². The highest BCUT2D eigenvalue weighted by molar-refractivity contribution is 7.89. The van der Waals surface area contributed by atoms with E-state index in [0.29, 0.717) is 34.6 Å². The molecule has 0 saturated heterocycles. The van der Waals surface area contributed by atoms with E-state index in [1.54, 1.807) is 13.1 Å². The molecule has 0 aliphatic rings. The van der Waals surface area contributed by atoms with Crippen LogP contribution in [0.3, 0.4) is 0 Å². The van der Waals surface area contributed by atoms with Crippen molar-refractivity contribution in [1.82, 2.24) is 4.98 Å². The zero-order valence-corrected chi connectivity index (χ0v) is 12.0. The maximum atomic E-state index is 10.7. The molecule has 18 heavy (non-hydrogen) atoms. The van der Waals surface area contributed by atoms with E-state index in [4.69, 9.17) is 28.3 Å². The Labute approximate surface area is 116 Å². The molecule has 1 heterocycles. The number of primary sulfonamides is 1. The minimum atomic E-state index is -3.44. The van der Waals surface area contributed by atoms with Crippen LogP contribution < -0.4 is 15.8 Å². The van der Waals surface area contributed by atoms with Crippen LogP contribution in [0.2, 0.25) is 10.0 Å². The van der Waals surface area contributed by atoms with Gasteiger partial charge in [-0.3, -0.25) is 0 Å². The van der Waals surface area contributed by atoms with Crippen molar-refractivity contribution in [3.05, 3.63) is 16.1 Å². The van der Waals surface area contributed by atoms with E-state index in [2.05, 4.69) is 15.6 Å². The minimum Gasteiger partial charge on any atom is -0.372 e. The van der Waals surface area contributed by atoms with Crippen molar-refractivity contribution in [2.75, 3.05) is 30.0 Å². The summed E-state index contributed by atoms with van der Waals surface area (Å²) in [4.78, 5) is 4.16. The van der Waals surface area contributed by atoms with Crippen molar-refractivity contribution in [3.63, 3.8) is 0 Å². The molecule has 0 aromatic carbocycles. The van der Waals surface area contributed by atoms with E-state index in [9.17, 15) is 8.42 Å². The molecule has 0 bridgehead atoms. The highest BCUT2D eigenvalue weighted by Gasteiger charge is 2.08. The number of pyridine rings is 1. The molecular formula is C9H14Cl2N4O2S. The third-order valence-corrected chi connectivity index (χ3v) is 3.50. The summed E-state index contributed by atoms with van der Waals surface area (Å²) in [6, 6.07) is 1.56. The van der Waals surface area contributed by atoms with Gasteiger partial charge in [-0.25, -0.2) is 18.5 Å². The van der Waals surface area contributed by atoms with Crippen LogP contribution in [0.15, 0.2) is 6.07 Å². The van der Waals surface area contributed by atoms with Crippen LogP contribution in [0.5, 0.6) is 0 Å². The highest BCUT2D eigenvalue weighted by Crippen LogP contribution is 2.28. The third-order valence-electron chi connectivity index (χ3n) is 2.06. The van der Waals surface area contributed by atoms with Gasteiger partial charge in [0, 0.05) is 13.6 Å². The molecule has 0 saturated carbocycles. The molecule has 9 heteroatoms. The number of hydrogen-bond donors (Lipinski definition) is 3. The average Bonchev–Trinajstić information content (AvgIpc) is 2.25. The normalized spacial score (nSPS) is 11.3. The Balaban J connectivity index is 2.62. The van der Waals surface area contributed by atoms with E-state index in [1.165, 1.54) is 0 Å². The van der Waals surface area contributed by atoms with Gasteiger partial charge in [0.2, 0.25) is 10.0 Å². The number of nitrogens with one attached hydrogen (secondary N) is 2. The van der Waals surface area contributed by atoms with Crippen molar-refractivity contribution in [3.8, 4) is 0 Å². The fraction of sp³-hybridized carbons (Fsp3) is 0.444. The Morgan fingerprint density at radius 1 is 1.33 bits per heavy atom. The van der Waals surface area contributed by atoms with E-state index < -0.39 is 10.0 Å². The van der Waals surface area contributed by atoms with Crippen LogP contribution in [-0.4, -0.2) is 32.7 Å². The second-order valence-electron chi connectivity index (χ2n) is 3.55. The quantitative estimate of drug-likeness (QED) is 0.692. The topological polar surface area (TPSA) is 97.1 Å². The summed E-state index contributed by atoms with van der Waals surface area (Å²) < 4.78 is 21.5. The molecule has 102 valence electrons. The van der Waals surface area contributed by atoms with Gasteiger partial charge in [0.25, 0.3) is 0 Å². The maximum Gasteiger partial charge on any atom is 0.209 e. The smallest absolute Gasteiger partial charge is 0.209 e. The lowest BCUT2D eigenvalue weighted by atomic mass is 10.4. The standard InChI is InChI=1S/C9H14Cl2N4O2S/c1-13-8-6(10)5-7(11)9(15-8)14-3-2-4-18(12,16)17/h5H,2-4H2,1H3,(H2,12,16,17)(H2,13,14,15). The molecule has 0 spiro atoms. The zero-order valence-electron chi connectivity index (χ0n) is 9.70. The fourth-order valence-corrected chi connectivity index (χ4v) is 2.31. The van der Waals surface area contributed by atoms with Crippen LogP contribution in [-0.2, 0) is 10.0 Å². The number of rotatable bonds is 6. The van der Waals surface area contributed by atoms with Crippen LogP contribution in [0.25, 0.3) is 0 Å². The van der Waals surface area contributed by atoms with E-state index in [-0.39, 0.29) is 5.75 Å². The van der Waals surface area contributed by atoms with Crippen molar-refractivity contribution in [2.45, 2.75) is 6.42 Å². The molecule has 1 rings (SSSR count). The largest absolute Gasteiger partial charge is 0.372 e. The molecule has 0 atom stereocenters. The molecule has 0 unspecified atom stereocenters. The van der Waals surface area contributed by atoms with E-state index in [0.717, 1.165) is 0 Å². The van der Waals surface area contributed by atoms with Gasteiger partial charge >= 0.3 is 0 Å². The summed E-state index contributed by atoms with van der Waals surface area (Å²) in [5, 5.41) is 11.4.